The highest BCUT2D eigenvalue weighted by atomic mass is 16.5. The minimum absolute atomic E-state index is 0.0687. The Morgan fingerprint density at radius 2 is 1.67 bits per heavy atom. The van der Waals surface area contributed by atoms with Crippen LogP contribution < -0.4 is 10.6 Å². The molecule has 1 aromatic carbocycles. The summed E-state index contributed by atoms with van der Waals surface area (Å²) in [5.41, 5.74) is 0.952. The molecule has 0 saturated carbocycles. The smallest absolute Gasteiger partial charge is 0.354 e. The first kappa shape index (κ1) is 22.2. The minimum atomic E-state index is -0.710. The molecule has 0 aliphatic heterocycles. The molecule has 8 heteroatoms. The number of esters is 2. The van der Waals surface area contributed by atoms with Crippen LogP contribution in [0.4, 0.5) is 5.69 Å². The van der Waals surface area contributed by atoms with Gasteiger partial charge in [-0.05, 0) is 37.4 Å². The molecule has 2 N–H and O–H groups in total. The second-order valence-electron chi connectivity index (χ2n) is 5.56. The fraction of sp³-hybridized carbons (Fsp3) is 0.421. The van der Waals surface area contributed by atoms with E-state index >= 15 is 0 Å². The predicted octanol–water partition coefficient (Wildman–Crippen LogP) is 1.40. The van der Waals surface area contributed by atoms with Gasteiger partial charge in [-0.1, -0.05) is 13.8 Å². The van der Waals surface area contributed by atoms with Crippen molar-refractivity contribution in [3.05, 3.63) is 41.6 Å². The SMILES string of the molecule is CCN(CC)CCNC(=O)c1ccc(N/C(=C/C(=O)OC)C(=O)OC)cc1. The van der Waals surface area contributed by atoms with Gasteiger partial charge in [0.15, 0.2) is 0 Å². The van der Waals surface area contributed by atoms with Crippen LogP contribution in [0, 0.1) is 0 Å². The molecule has 8 nitrogen and oxygen atoms in total. The number of ether oxygens (including phenoxy) is 2. The van der Waals surface area contributed by atoms with Gasteiger partial charge >= 0.3 is 11.9 Å². The number of carbonyl (C=O) groups is 3. The molecule has 0 spiro atoms. The molecule has 0 saturated heterocycles. The quantitative estimate of drug-likeness (QED) is 0.470. The summed E-state index contributed by atoms with van der Waals surface area (Å²) in [5.74, 6) is -1.57. The number of methoxy groups -OCH3 is 2. The Balaban J connectivity index is 2.71. The van der Waals surface area contributed by atoms with E-state index in [0.29, 0.717) is 17.8 Å². The zero-order valence-electron chi connectivity index (χ0n) is 16.2. The Morgan fingerprint density at radius 1 is 1.04 bits per heavy atom. The molecule has 1 rings (SSSR count). The molecule has 0 atom stereocenters. The number of hydrogen-bond acceptors (Lipinski definition) is 7. The number of rotatable bonds is 10. The van der Waals surface area contributed by atoms with Gasteiger partial charge < -0.3 is 25.0 Å². The van der Waals surface area contributed by atoms with E-state index in [1.54, 1.807) is 24.3 Å². The first-order chi connectivity index (χ1) is 12.9. The average molecular weight is 377 g/mol. The highest BCUT2D eigenvalue weighted by Gasteiger charge is 2.13. The third kappa shape index (κ3) is 7.49. The zero-order chi connectivity index (χ0) is 20.2. The number of nitrogens with one attached hydrogen (secondary N) is 2. The lowest BCUT2D eigenvalue weighted by Crippen LogP contribution is -2.34. The lowest BCUT2D eigenvalue weighted by molar-refractivity contribution is -0.138. The Labute approximate surface area is 159 Å². The van der Waals surface area contributed by atoms with Crippen LogP contribution in [0.25, 0.3) is 0 Å². The number of benzene rings is 1. The standard InChI is InChI=1S/C19H27N3O5/c1-5-22(6-2)12-11-20-18(24)14-7-9-15(10-8-14)21-16(19(25)27-4)13-17(23)26-3/h7-10,13,21H,5-6,11-12H2,1-4H3,(H,20,24)/b16-13+. The highest BCUT2D eigenvalue weighted by Crippen LogP contribution is 2.13. The molecule has 0 heterocycles. The molecular weight excluding hydrogens is 350 g/mol. The summed E-state index contributed by atoms with van der Waals surface area (Å²) in [4.78, 5) is 37.5. The maximum Gasteiger partial charge on any atom is 0.354 e. The molecule has 0 bridgehead atoms. The lowest BCUT2D eigenvalue weighted by atomic mass is 10.2. The number of amides is 1. The predicted molar refractivity (Wildman–Crippen MR) is 102 cm³/mol. The molecule has 1 aromatic rings. The molecule has 0 unspecified atom stereocenters. The van der Waals surface area contributed by atoms with E-state index in [0.717, 1.165) is 25.7 Å². The number of nitrogens with zero attached hydrogens (tertiary/aromatic N) is 1. The molecular formula is C19H27N3O5. The van der Waals surface area contributed by atoms with Gasteiger partial charge in [0.2, 0.25) is 0 Å². The van der Waals surface area contributed by atoms with E-state index in [-0.39, 0.29) is 11.6 Å². The second kappa shape index (κ2) is 11.7. The molecule has 0 aliphatic rings. The normalized spacial score (nSPS) is 11.1. The largest absolute Gasteiger partial charge is 0.466 e. The number of anilines is 1. The topological polar surface area (TPSA) is 97.0 Å². The van der Waals surface area contributed by atoms with E-state index in [2.05, 4.69) is 38.9 Å². The summed E-state index contributed by atoms with van der Waals surface area (Å²) in [7, 11) is 2.42. The maximum absolute atomic E-state index is 12.2. The van der Waals surface area contributed by atoms with Crippen LogP contribution in [-0.2, 0) is 19.1 Å². The molecule has 0 aromatic heterocycles. The number of carbonyl (C=O) groups excluding carboxylic acids is 3. The van der Waals surface area contributed by atoms with Gasteiger partial charge in [0.25, 0.3) is 5.91 Å². The minimum Gasteiger partial charge on any atom is -0.466 e. The Morgan fingerprint density at radius 3 is 2.19 bits per heavy atom. The summed E-state index contributed by atoms with van der Waals surface area (Å²) >= 11 is 0. The van der Waals surface area contributed by atoms with Crippen LogP contribution in [0.3, 0.4) is 0 Å². The monoisotopic (exact) mass is 377 g/mol. The average Bonchev–Trinajstić information content (AvgIpc) is 2.70. The first-order valence-corrected chi connectivity index (χ1v) is 8.70. The van der Waals surface area contributed by atoms with Crippen molar-refractivity contribution in [3.63, 3.8) is 0 Å². The van der Waals surface area contributed by atoms with Crippen LogP contribution in [0.2, 0.25) is 0 Å². The molecule has 1 amide bonds. The number of likely N-dealkylation sites (N-methyl/N-ethyl adjacent to an activating group) is 1. The first-order valence-electron chi connectivity index (χ1n) is 8.70. The van der Waals surface area contributed by atoms with Crippen molar-refractivity contribution < 1.29 is 23.9 Å². The molecule has 0 fully saturated rings. The van der Waals surface area contributed by atoms with Crippen molar-refractivity contribution in [1.29, 1.82) is 0 Å². The van der Waals surface area contributed by atoms with E-state index in [9.17, 15) is 14.4 Å². The van der Waals surface area contributed by atoms with Crippen LogP contribution in [0.1, 0.15) is 24.2 Å². The van der Waals surface area contributed by atoms with Crippen molar-refractivity contribution in [2.45, 2.75) is 13.8 Å². The van der Waals surface area contributed by atoms with Crippen LogP contribution in [-0.4, -0.2) is 63.1 Å². The summed E-state index contributed by atoms with van der Waals surface area (Å²) < 4.78 is 9.14. The van der Waals surface area contributed by atoms with Gasteiger partial charge in [0, 0.05) is 24.3 Å². The number of hydrogen-bond donors (Lipinski definition) is 2. The van der Waals surface area contributed by atoms with Gasteiger partial charge in [-0.3, -0.25) is 4.79 Å². The fourth-order valence-electron chi connectivity index (χ4n) is 2.26. The summed E-state index contributed by atoms with van der Waals surface area (Å²) in [5, 5.41) is 5.65. The van der Waals surface area contributed by atoms with Gasteiger partial charge in [-0.25, -0.2) is 9.59 Å². The lowest BCUT2D eigenvalue weighted by Gasteiger charge is -2.18. The van der Waals surface area contributed by atoms with Gasteiger partial charge in [-0.2, -0.15) is 0 Å². The summed E-state index contributed by atoms with van der Waals surface area (Å²) in [6.45, 7) is 7.39. The van der Waals surface area contributed by atoms with Crippen LogP contribution in [0.15, 0.2) is 36.0 Å². The van der Waals surface area contributed by atoms with Crippen molar-refractivity contribution in [2.75, 3.05) is 45.7 Å². The van der Waals surface area contributed by atoms with Crippen LogP contribution >= 0.6 is 0 Å². The van der Waals surface area contributed by atoms with E-state index in [1.807, 2.05) is 0 Å². The molecule has 27 heavy (non-hydrogen) atoms. The van der Waals surface area contributed by atoms with E-state index in [1.165, 1.54) is 14.2 Å². The highest BCUT2D eigenvalue weighted by molar-refractivity contribution is 5.99. The van der Waals surface area contributed by atoms with Gasteiger partial charge in [0.1, 0.15) is 5.70 Å². The Hall–Kier alpha value is -2.87. The van der Waals surface area contributed by atoms with Crippen molar-refractivity contribution in [2.24, 2.45) is 0 Å². The summed E-state index contributed by atoms with van der Waals surface area (Å²) in [6, 6.07) is 6.52. The summed E-state index contributed by atoms with van der Waals surface area (Å²) in [6.07, 6.45) is 1.000. The fourth-order valence-corrected chi connectivity index (χ4v) is 2.26. The van der Waals surface area contributed by atoms with Gasteiger partial charge in [-0.15, -0.1) is 0 Å². The van der Waals surface area contributed by atoms with Crippen molar-refractivity contribution in [1.82, 2.24) is 10.2 Å². The van der Waals surface area contributed by atoms with Gasteiger partial charge in [0.05, 0.1) is 20.3 Å². The van der Waals surface area contributed by atoms with Crippen molar-refractivity contribution in [3.8, 4) is 0 Å². The third-order valence-electron chi connectivity index (χ3n) is 3.90. The maximum atomic E-state index is 12.2. The Kier molecular flexibility index (Phi) is 9.60. The van der Waals surface area contributed by atoms with Crippen LogP contribution in [0.5, 0.6) is 0 Å². The second-order valence-corrected chi connectivity index (χ2v) is 5.56. The van der Waals surface area contributed by atoms with Crippen molar-refractivity contribution >= 4 is 23.5 Å². The molecule has 0 radical (unpaired) electrons. The third-order valence-corrected chi connectivity index (χ3v) is 3.90. The molecule has 148 valence electrons. The Bertz CT molecular complexity index is 666. The van der Waals surface area contributed by atoms with E-state index < -0.39 is 11.9 Å². The van der Waals surface area contributed by atoms with E-state index in [4.69, 9.17) is 0 Å². The molecule has 0 aliphatic carbocycles. The zero-order valence-corrected chi connectivity index (χ0v) is 16.2.